The number of rotatable bonds is 7. The number of aromatic nitrogens is 1. The number of carbonyl (C=O) groups excluding carboxylic acids is 2. The molecule has 3 aromatic rings. The Bertz CT molecular complexity index is 1400. The van der Waals surface area contributed by atoms with E-state index in [0.717, 1.165) is 53.7 Å². The molecule has 2 aromatic carbocycles. The molecule has 5 rings (SSSR count). The maximum absolute atomic E-state index is 13.3. The number of hydrogen-bond acceptors (Lipinski definition) is 6. The number of fused-ring (bicyclic) bond motifs is 4. The fraction of sp³-hybridized carbons (Fsp3) is 0.438. The predicted molar refractivity (Wildman–Crippen MR) is 155 cm³/mol. The zero-order chi connectivity index (χ0) is 28.3. The molecule has 3 heterocycles. The van der Waals surface area contributed by atoms with Crippen molar-refractivity contribution in [3.05, 3.63) is 78.1 Å². The standard InChI is InChI=1S/C32H39N3O5/c1-4-31-18-11-19-34(21-17-27(36)33-23-12-7-6-8-13-23)20-16-25-24-14-9-10-15-26(24)35(28(25)29(31)40-5-2)32(38,22-31)30(37)39-3/h6-10,12-15,17,21,29,38H,4-5,11,16,18-20,22H2,1-3H3,(H,33,36)/b21-17+/t29-,31-,32-/m0/s1. The number of aliphatic hydroxyl groups is 1. The van der Waals surface area contributed by atoms with Gasteiger partial charge in [0.1, 0.15) is 6.10 Å². The fourth-order valence-electron chi connectivity index (χ4n) is 6.70. The van der Waals surface area contributed by atoms with Gasteiger partial charge in [-0.3, -0.25) is 4.79 Å². The van der Waals surface area contributed by atoms with Crippen LogP contribution in [0.3, 0.4) is 0 Å². The molecule has 0 fully saturated rings. The van der Waals surface area contributed by atoms with Gasteiger partial charge in [-0.05, 0) is 56.4 Å². The molecule has 2 bridgehead atoms. The molecule has 0 saturated heterocycles. The Kier molecular flexibility index (Phi) is 8.01. The van der Waals surface area contributed by atoms with Gasteiger partial charge < -0.3 is 29.4 Å². The van der Waals surface area contributed by atoms with Crippen molar-refractivity contribution in [2.24, 2.45) is 5.41 Å². The van der Waals surface area contributed by atoms with Gasteiger partial charge in [0.25, 0.3) is 0 Å². The number of nitrogens with one attached hydrogen (secondary N) is 1. The molecule has 0 unspecified atom stereocenters. The molecule has 0 radical (unpaired) electrons. The summed E-state index contributed by atoms with van der Waals surface area (Å²) in [6.45, 7) is 6.03. The van der Waals surface area contributed by atoms with Crippen molar-refractivity contribution in [2.75, 3.05) is 32.1 Å². The Morgan fingerprint density at radius 3 is 2.58 bits per heavy atom. The van der Waals surface area contributed by atoms with Gasteiger partial charge in [0.05, 0.1) is 18.3 Å². The minimum absolute atomic E-state index is 0.177. The zero-order valence-electron chi connectivity index (χ0n) is 23.6. The second-order valence-corrected chi connectivity index (χ2v) is 10.8. The van der Waals surface area contributed by atoms with E-state index in [1.165, 1.54) is 7.11 Å². The van der Waals surface area contributed by atoms with Gasteiger partial charge in [-0.1, -0.05) is 43.3 Å². The summed E-state index contributed by atoms with van der Waals surface area (Å²) >= 11 is 0. The fourth-order valence-corrected chi connectivity index (χ4v) is 6.70. The number of para-hydroxylation sites is 2. The Balaban J connectivity index is 1.57. The number of nitrogens with zero attached hydrogens (tertiary/aromatic N) is 2. The molecular formula is C32H39N3O5. The van der Waals surface area contributed by atoms with Crippen LogP contribution in [0, 0.1) is 5.41 Å². The number of ether oxygens (including phenoxy) is 2. The van der Waals surface area contributed by atoms with Crippen LogP contribution in [-0.2, 0) is 31.2 Å². The third kappa shape index (κ3) is 4.90. The third-order valence-electron chi connectivity index (χ3n) is 8.59. The van der Waals surface area contributed by atoms with Crippen LogP contribution in [0.15, 0.2) is 66.9 Å². The first kappa shape index (κ1) is 27.9. The lowest BCUT2D eigenvalue weighted by molar-refractivity contribution is -0.198. The summed E-state index contributed by atoms with van der Waals surface area (Å²) in [5, 5.41) is 16.1. The molecule has 0 spiro atoms. The van der Waals surface area contributed by atoms with Crippen LogP contribution in [0.4, 0.5) is 5.69 Å². The molecular weight excluding hydrogens is 506 g/mol. The molecule has 1 aromatic heterocycles. The van der Waals surface area contributed by atoms with Crippen LogP contribution in [0.5, 0.6) is 0 Å². The lowest BCUT2D eigenvalue weighted by Gasteiger charge is -2.50. The smallest absolute Gasteiger partial charge is 0.359 e. The monoisotopic (exact) mass is 545 g/mol. The lowest BCUT2D eigenvalue weighted by atomic mass is 9.66. The normalized spacial score (nSPS) is 24.7. The quantitative estimate of drug-likeness (QED) is 0.316. The SMILES string of the molecule is CCO[C@H]1c2c3c4ccccc4n2[C@@](O)(C(=O)OC)C[C@]1(CC)CCCN(/C=C/C(=O)Nc1ccccc1)CC3. The zero-order valence-corrected chi connectivity index (χ0v) is 23.6. The van der Waals surface area contributed by atoms with Gasteiger partial charge in [-0.15, -0.1) is 0 Å². The highest BCUT2D eigenvalue weighted by atomic mass is 16.5. The van der Waals surface area contributed by atoms with Crippen LogP contribution in [0.2, 0.25) is 0 Å². The van der Waals surface area contributed by atoms with Crippen molar-refractivity contribution in [1.82, 2.24) is 9.47 Å². The van der Waals surface area contributed by atoms with E-state index in [-0.39, 0.29) is 18.4 Å². The van der Waals surface area contributed by atoms with Crippen LogP contribution in [0.1, 0.15) is 56.9 Å². The number of hydrogen-bond donors (Lipinski definition) is 2. The Hall–Kier alpha value is -3.62. The highest BCUT2D eigenvalue weighted by Gasteiger charge is 2.57. The summed E-state index contributed by atoms with van der Waals surface area (Å²) in [5.41, 5.74) is 1.15. The Morgan fingerprint density at radius 2 is 1.85 bits per heavy atom. The van der Waals surface area contributed by atoms with Crippen LogP contribution in [0.25, 0.3) is 10.9 Å². The average molecular weight is 546 g/mol. The molecule has 1 amide bonds. The first-order chi connectivity index (χ1) is 19.4. The maximum Gasteiger partial charge on any atom is 0.359 e. The van der Waals surface area contributed by atoms with Gasteiger partial charge >= 0.3 is 5.97 Å². The highest BCUT2D eigenvalue weighted by molar-refractivity contribution is 5.99. The molecule has 0 aliphatic carbocycles. The van der Waals surface area contributed by atoms with Crippen LogP contribution >= 0.6 is 0 Å². The van der Waals surface area contributed by atoms with E-state index in [1.54, 1.807) is 10.6 Å². The van der Waals surface area contributed by atoms with Crippen molar-refractivity contribution >= 4 is 28.5 Å². The number of benzene rings is 2. The van der Waals surface area contributed by atoms with Crippen molar-refractivity contribution in [3.8, 4) is 0 Å². The average Bonchev–Trinajstić information content (AvgIpc) is 3.31. The molecule has 8 nitrogen and oxygen atoms in total. The number of anilines is 1. The summed E-state index contributed by atoms with van der Waals surface area (Å²) in [5.74, 6) is -0.830. The topological polar surface area (TPSA) is 93.0 Å². The Labute approximate surface area is 235 Å². The summed E-state index contributed by atoms with van der Waals surface area (Å²) in [7, 11) is 1.33. The van der Waals surface area contributed by atoms with Gasteiger partial charge in [-0.25, -0.2) is 4.79 Å². The summed E-state index contributed by atoms with van der Waals surface area (Å²) in [6, 6.07) is 17.3. The highest BCUT2D eigenvalue weighted by Crippen LogP contribution is 2.57. The second kappa shape index (κ2) is 11.5. The molecule has 2 N–H and O–H groups in total. The van der Waals surface area contributed by atoms with Crippen LogP contribution in [-0.4, -0.2) is 53.3 Å². The van der Waals surface area contributed by atoms with E-state index in [9.17, 15) is 14.7 Å². The van der Waals surface area contributed by atoms with Crippen molar-refractivity contribution < 1.29 is 24.2 Å². The lowest BCUT2D eigenvalue weighted by Crippen LogP contribution is -2.54. The molecule has 40 heavy (non-hydrogen) atoms. The molecule has 2 aliphatic rings. The van der Waals surface area contributed by atoms with Crippen molar-refractivity contribution in [1.29, 1.82) is 0 Å². The van der Waals surface area contributed by atoms with Crippen LogP contribution < -0.4 is 5.32 Å². The maximum atomic E-state index is 13.3. The Morgan fingerprint density at radius 1 is 1.10 bits per heavy atom. The van der Waals surface area contributed by atoms with Crippen molar-refractivity contribution in [2.45, 2.75) is 57.8 Å². The molecule has 3 atom stereocenters. The molecule has 0 saturated carbocycles. The van der Waals surface area contributed by atoms with Gasteiger partial charge in [0.2, 0.25) is 11.6 Å². The van der Waals surface area contributed by atoms with Gasteiger partial charge in [0, 0.05) is 54.9 Å². The number of carbonyl (C=O) groups is 2. The largest absolute Gasteiger partial charge is 0.465 e. The molecule has 212 valence electrons. The summed E-state index contributed by atoms with van der Waals surface area (Å²) in [4.78, 5) is 28.1. The van der Waals surface area contributed by atoms with E-state index >= 15 is 0 Å². The minimum atomic E-state index is -1.83. The minimum Gasteiger partial charge on any atom is -0.465 e. The molecule has 2 aliphatic heterocycles. The second-order valence-electron chi connectivity index (χ2n) is 10.8. The molecule has 8 heteroatoms. The third-order valence-corrected chi connectivity index (χ3v) is 8.59. The van der Waals surface area contributed by atoms with E-state index in [1.807, 2.05) is 67.7 Å². The first-order valence-electron chi connectivity index (χ1n) is 14.2. The number of methoxy groups -OCH3 is 1. The number of amides is 1. The first-order valence-corrected chi connectivity index (χ1v) is 14.2. The van der Waals surface area contributed by atoms with E-state index in [2.05, 4.69) is 17.1 Å². The van der Waals surface area contributed by atoms with E-state index in [0.29, 0.717) is 19.6 Å². The van der Waals surface area contributed by atoms with Gasteiger partial charge in [-0.2, -0.15) is 0 Å². The van der Waals surface area contributed by atoms with E-state index < -0.39 is 17.1 Å². The van der Waals surface area contributed by atoms with Crippen molar-refractivity contribution in [3.63, 3.8) is 0 Å². The summed E-state index contributed by atoms with van der Waals surface area (Å²) in [6.07, 6.45) is 6.34. The predicted octanol–water partition coefficient (Wildman–Crippen LogP) is 5.13. The number of esters is 1. The van der Waals surface area contributed by atoms with Gasteiger partial charge in [0.15, 0.2) is 0 Å². The van der Waals surface area contributed by atoms with E-state index in [4.69, 9.17) is 9.47 Å². The summed E-state index contributed by atoms with van der Waals surface area (Å²) < 4.78 is 13.5.